The van der Waals surface area contributed by atoms with Gasteiger partial charge in [-0.25, -0.2) is 9.78 Å². The average molecular weight is 248 g/mol. The lowest BCUT2D eigenvalue weighted by Crippen LogP contribution is -2.23. The quantitative estimate of drug-likeness (QED) is 0.864. The summed E-state index contributed by atoms with van der Waals surface area (Å²) in [4.78, 5) is 15.2. The first-order valence-electron chi connectivity index (χ1n) is 5.72. The maximum atomic E-state index is 11.1. The van der Waals surface area contributed by atoms with Gasteiger partial charge < -0.3 is 14.8 Å². The molecule has 0 saturated carbocycles. The fourth-order valence-corrected chi connectivity index (χ4v) is 1.90. The Morgan fingerprint density at radius 2 is 2.17 bits per heavy atom. The third-order valence-electron chi connectivity index (χ3n) is 2.91. The van der Waals surface area contributed by atoms with Crippen LogP contribution in [0.3, 0.4) is 0 Å². The van der Waals surface area contributed by atoms with E-state index in [1.54, 1.807) is 18.5 Å². The first-order chi connectivity index (χ1) is 8.44. The molecule has 18 heavy (non-hydrogen) atoms. The number of aromatic carboxylic acids is 1. The van der Waals surface area contributed by atoms with Crippen molar-refractivity contribution in [1.82, 2.24) is 9.55 Å². The number of para-hydroxylation sites is 1. The molecule has 1 heterocycles. The molecular formula is C13H16N2O3. The molecule has 0 aliphatic heterocycles. The minimum absolute atomic E-state index is 0.0608. The zero-order valence-corrected chi connectivity index (χ0v) is 10.4. The van der Waals surface area contributed by atoms with Gasteiger partial charge in [0.1, 0.15) is 5.52 Å². The molecule has 0 saturated heterocycles. The summed E-state index contributed by atoms with van der Waals surface area (Å²) in [5.74, 6) is -0.979. The lowest BCUT2D eigenvalue weighted by molar-refractivity contribution is 0.0699. The lowest BCUT2D eigenvalue weighted by atomic mass is 9.95. The summed E-state index contributed by atoms with van der Waals surface area (Å²) in [6.07, 6.45) is 1.62. The third kappa shape index (κ3) is 2.22. The highest BCUT2D eigenvalue weighted by Crippen LogP contribution is 2.22. The Labute approximate surface area is 105 Å². The van der Waals surface area contributed by atoms with Crippen LogP contribution in [0.5, 0.6) is 0 Å². The van der Waals surface area contributed by atoms with Crippen LogP contribution in [0.2, 0.25) is 0 Å². The maximum Gasteiger partial charge on any atom is 0.337 e. The van der Waals surface area contributed by atoms with E-state index < -0.39 is 5.97 Å². The average Bonchev–Trinajstić information content (AvgIpc) is 2.72. The smallest absolute Gasteiger partial charge is 0.337 e. The number of aromatic nitrogens is 2. The molecule has 1 aromatic heterocycles. The Kier molecular flexibility index (Phi) is 3.09. The Morgan fingerprint density at radius 3 is 2.78 bits per heavy atom. The second kappa shape index (κ2) is 4.42. The number of rotatable bonds is 4. The number of carbonyl (C=O) groups is 1. The number of carboxylic acids is 1. The van der Waals surface area contributed by atoms with Crippen LogP contribution in [-0.4, -0.2) is 32.3 Å². The van der Waals surface area contributed by atoms with Crippen LogP contribution in [0.15, 0.2) is 24.5 Å². The van der Waals surface area contributed by atoms with E-state index >= 15 is 0 Å². The van der Waals surface area contributed by atoms with Crippen LogP contribution in [0.1, 0.15) is 24.2 Å². The van der Waals surface area contributed by atoms with Gasteiger partial charge in [-0.05, 0) is 12.1 Å². The number of nitrogens with zero attached hydrogens (tertiary/aromatic N) is 2. The monoisotopic (exact) mass is 248 g/mol. The molecule has 0 aliphatic carbocycles. The molecule has 0 aliphatic rings. The number of fused-ring (bicyclic) bond motifs is 1. The Morgan fingerprint density at radius 1 is 1.44 bits per heavy atom. The van der Waals surface area contributed by atoms with Crippen LogP contribution in [0, 0.1) is 5.41 Å². The van der Waals surface area contributed by atoms with Gasteiger partial charge >= 0.3 is 5.97 Å². The van der Waals surface area contributed by atoms with E-state index in [1.165, 1.54) is 0 Å². The van der Waals surface area contributed by atoms with Crippen LogP contribution < -0.4 is 0 Å². The molecule has 0 spiro atoms. The van der Waals surface area contributed by atoms with Crippen LogP contribution in [0.25, 0.3) is 11.0 Å². The number of benzene rings is 1. The molecule has 2 N–H and O–H groups in total. The van der Waals surface area contributed by atoms with Gasteiger partial charge in [-0.15, -0.1) is 0 Å². The summed E-state index contributed by atoms with van der Waals surface area (Å²) in [5.41, 5.74) is 1.19. The topological polar surface area (TPSA) is 75.3 Å². The number of aliphatic hydroxyl groups excluding tert-OH is 1. The van der Waals surface area contributed by atoms with Crippen molar-refractivity contribution in [2.75, 3.05) is 6.61 Å². The van der Waals surface area contributed by atoms with Crippen molar-refractivity contribution in [3.8, 4) is 0 Å². The van der Waals surface area contributed by atoms with Gasteiger partial charge in [-0.2, -0.15) is 0 Å². The van der Waals surface area contributed by atoms with E-state index in [4.69, 9.17) is 5.11 Å². The molecule has 5 heteroatoms. The van der Waals surface area contributed by atoms with Gasteiger partial charge in [0.15, 0.2) is 0 Å². The molecule has 0 atom stereocenters. The highest BCUT2D eigenvalue weighted by Gasteiger charge is 2.19. The van der Waals surface area contributed by atoms with Gasteiger partial charge in [0, 0.05) is 18.6 Å². The predicted octanol–water partition coefficient (Wildman–Crippen LogP) is 1.75. The number of carboxylic acid groups (broad SMARTS) is 1. The summed E-state index contributed by atoms with van der Waals surface area (Å²) < 4.78 is 1.87. The standard InChI is InChI=1S/C13H16N2O3/c1-13(2,7-16)6-15-8-14-11-9(12(17)18)4-3-5-10(11)15/h3-5,8,16H,6-7H2,1-2H3,(H,17,18). The number of imidazole rings is 1. The molecular weight excluding hydrogens is 232 g/mol. The van der Waals surface area contributed by atoms with E-state index in [1.807, 2.05) is 24.5 Å². The summed E-state index contributed by atoms with van der Waals surface area (Å²) in [5, 5.41) is 18.4. The van der Waals surface area contributed by atoms with Gasteiger partial charge in [0.05, 0.1) is 17.4 Å². The molecule has 0 amide bonds. The van der Waals surface area contributed by atoms with E-state index in [0.717, 1.165) is 5.52 Å². The normalized spacial score (nSPS) is 11.9. The molecule has 2 rings (SSSR count). The van der Waals surface area contributed by atoms with Crippen molar-refractivity contribution in [3.05, 3.63) is 30.1 Å². The van der Waals surface area contributed by atoms with Crippen molar-refractivity contribution in [2.45, 2.75) is 20.4 Å². The van der Waals surface area contributed by atoms with Crippen LogP contribution in [0.4, 0.5) is 0 Å². The molecule has 0 bridgehead atoms. The number of hydrogen-bond donors (Lipinski definition) is 2. The predicted molar refractivity (Wildman–Crippen MR) is 67.6 cm³/mol. The van der Waals surface area contributed by atoms with Gasteiger partial charge in [0.2, 0.25) is 0 Å². The molecule has 0 fully saturated rings. The van der Waals surface area contributed by atoms with E-state index in [-0.39, 0.29) is 17.6 Å². The second-order valence-corrected chi connectivity index (χ2v) is 5.17. The van der Waals surface area contributed by atoms with E-state index in [0.29, 0.717) is 12.1 Å². The van der Waals surface area contributed by atoms with Crippen molar-refractivity contribution in [2.24, 2.45) is 5.41 Å². The summed E-state index contributed by atoms with van der Waals surface area (Å²) >= 11 is 0. The van der Waals surface area contributed by atoms with Crippen molar-refractivity contribution >= 4 is 17.0 Å². The molecule has 1 aromatic carbocycles. The second-order valence-electron chi connectivity index (χ2n) is 5.17. The largest absolute Gasteiger partial charge is 0.478 e. The first kappa shape index (κ1) is 12.6. The van der Waals surface area contributed by atoms with Crippen LogP contribution >= 0.6 is 0 Å². The molecule has 0 unspecified atom stereocenters. The Bertz CT molecular complexity index is 587. The van der Waals surface area contributed by atoms with Crippen molar-refractivity contribution < 1.29 is 15.0 Å². The minimum atomic E-state index is -0.979. The van der Waals surface area contributed by atoms with Gasteiger partial charge in [0.25, 0.3) is 0 Å². The maximum absolute atomic E-state index is 11.1. The van der Waals surface area contributed by atoms with Gasteiger partial charge in [-0.3, -0.25) is 0 Å². The van der Waals surface area contributed by atoms with Crippen LogP contribution in [-0.2, 0) is 6.54 Å². The lowest BCUT2D eigenvalue weighted by Gasteiger charge is -2.22. The third-order valence-corrected chi connectivity index (χ3v) is 2.91. The Hall–Kier alpha value is -1.88. The first-order valence-corrected chi connectivity index (χ1v) is 5.72. The van der Waals surface area contributed by atoms with Crippen molar-refractivity contribution in [3.63, 3.8) is 0 Å². The fraction of sp³-hybridized carbons (Fsp3) is 0.385. The van der Waals surface area contributed by atoms with E-state index in [2.05, 4.69) is 4.98 Å². The number of hydrogen-bond acceptors (Lipinski definition) is 3. The zero-order valence-electron chi connectivity index (χ0n) is 10.4. The molecule has 0 radical (unpaired) electrons. The SMILES string of the molecule is CC(C)(CO)Cn1cnc2c(C(=O)O)cccc21. The highest BCUT2D eigenvalue weighted by atomic mass is 16.4. The van der Waals surface area contributed by atoms with Gasteiger partial charge in [-0.1, -0.05) is 19.9 Å². The van der Waals surface area contributed by atoms with E-state index in [9.17, 15) is 9.90 Å². The number of aliphatic hydroxyl groups is 1. The zero-order chi connectivity index (χ0) is 13.3. The highest BCUT2D eigenvalue weighted by molar-refractivity contribution is 6.00. The summed E-state index contributed by atoms with van der Waals surface area (Å²) in [6.45, 7) is 4.54. The van der Waals surface area contributed by atoms with Crippen molar-refractivity contribution in [1.29, 1.82) is 0 Å². The Balaban J connectivity index is 2.49. The molecule has 5 nitrogen and oxygen atoms in total. The minimum Gasteiger partial charge on any atom is -0.478 e. The summed E-state index contributed by atoms with van der Waals surface area (Å²) in [7, 11) is 0. The fourth-order valence-electron chi connectivity index (χ4n) is 1.90. The molecule has 96 valence electrons. The summed E-state index contributed by atoms with van der Waals surface area (Å²) in [6, 6.07) is 5.08. The molecule has 2 aromatic rings.